The normalized spacial score (nSPS) is 21.8. The summed E-state index contributed by atoms with van der Waals surface area (Å²) in [7, 11) is 0. The van der Waals surface area contributed by atoms with Gasteiger partial charge in [0.2, 0.25) is 0 Å². The smallest absolute Gasteiger partial charge is 0.133 e. The van der Waals surface area contributed by atoms with E-state index in [9.17, 15) is 5.11 Å². The van der Waals surface area contributed by atoms with Crippen LogP contribution in [-0.4, -0.2) is 11.7 Å². The molecule has 1 aromatic rings. The molecule has 1 fully saturated rings. The van der Waals surface area contributed by atoms with E-state index in [1.165, 1.54) is 0 Å². The van der Waals surface area contributed by atoms with Gasteiger partial charge in [-0.3, -0.25) is 0 Å². The molecule has 1 heterocycles. The third kappa shape index (κ3) is 1.82. The molecule has 1 unspecified atom stereocenters. The minimum absolute atomic E-state index is 0.149. The highest BCUT2D eigenvalue weighted by Gasteiger charge is 2.41. The Morgan fingerprint density at radius 2 is 2.13 bits per heavy atom. The monoisotopic (exact) mass is 209 g/mol. The van der Waals surface area contributed by atoms with Crippen LogP contribution < -0.4 is 5.73 Å². The lowest BCUT2D eigenvalue weighted by Crippen LogP contribution is -2.33. The molecular weight excluding hydrogens is 190 g/mol. The summed E-state index contributed by atoms with van der Waals surface area (Å²) in [5, 5.41) is 10.3. The molecule has 0 spiro atoms. The SMILES string of the molecule is Cc1ccc(C(O)C2(CN)CCCC2)o1. The first kappa shape index (κ1) is 10.7. The highest BCUT2D eigenvalue weighted by Crippen LogP contribution is 2.46. The first-order valence-electron chi connectivity index (χ1n) is 5.62. The Morgan fingerprint density at radius 1 is 1.47 bits per heavy atom. The van der Waals surface area contributed by atoms with Gasteiger partial charge >= 0.3 is 0 Å². The number of aliphatic hydroxyl groups is 1. The van der Waals surface area contributed by atoms with E-state index >= 15 is 0 Å². The minimum atomic E-state index is -0.543. The average molecular weight is 209 g/mol. The van der Waals surface area contributed by atoms with E-state index < -0.39 is 6.10 Å². The standard InChI is InChI=1S/C12H19NO2/c1-9-4-5-10(15-9)11(14)12(8-13)6-2-3-7-12/h4-5,11,14H,2-3,6-8,13H2,1H3. The van der Waals surface area contributed by atoms with Crippen LogP contribution in [0.5, 0.6) is 0 Å². The summed E-state index contributed by atoms with van der Waals surface area (Å²) in [6.45, 7) is 2.42. The number of rotatable bonds is 3. The van der Waals surface area contributed by atoms with E-state index in [1.54, 1.807) is 0 Å². The molecule has 2 rings (SSSR count). The van der Waals surface area contributed by atoms with Crippen molar-refractivity contribution in [2.24, 2.45) is 11.1 Å². The van der Waals surface area contributed by atoms with E-state index in [0.29, 0.717) is 12.3 Å². The summed E-state index contributed by atoms with van der Waals surface area (Å²) >= 11 is 0. The van der Waals surface area contributed by atoms with Crippen LogP contribution in [0.1, 0.15) is 43.3 Å². The average Bonchev–Trinajstić information content (AvgIpc) is 2.86. The molecular formula is C12H19NO2. The largest absolute Gasteiger partial charge is 0.464 e. The van der Waals surface area contributed by atoms with Crippen molar-refractivity contribution in [3.63, 3.8) is 0 Å². The van der Waals surface area contributed by atoms with E-state index in [0.717, 1.165) is 31.4 Å². The lowest BCUT2D eigenvalue weighted by molar-refractivity contribution is 0.0160. The Hall–Kier alpha value is -0.800. The van der Waals surface area contributed by atoms with Crippen LogP contribution in [-0.2, 0) is 0 Å². The first-order valence-corrected chi connectivity index (χ1v) is 5.62. The minimum Gasteiger partial charge on any atom is -0.464 e. The van der Waals surface area contributed by atoms with E-state index in [2.05, 4.69) is 0 Å². The van der Waals surface area contributed by atoms with Crippen LogP contribution in [0.3, 0.4) is 0 Å². The van der Waals surface area contributed by atoms with Crippen molar-refractivity contribution in [2.75, 3.05) is 6.54 Å². The van der Waals surface area contributed by atoms with Gasteiger partial charge < -0.3 is 15.3 Å². The molecule has 3 N–H and O–H groups in total. The Balaban J connectivity index is 2.21. The summed E-state index contributed by atoms with van der Waals surface area (Å²) in [6.07, 6.45) is 3.79. The molecule has 0 aromatic carbocycles. The lowest BCUT2D eigenvalue weighted by Gasteiger charge is -2.31. The summed E-state index contributed by atoms with van der Waals surface area (Å²) in [5.41, 5.74) is 5.66. The predicted octanol–water partition coefficient (Wildman–Crippen LogP) is 2.14. The molecule has 3 nitrogen and oxygen atoms in total. The maximum atomic E-state index is 10.3. The van der Waals surface area contributed by atoms with Crippen molar-refractivity contribution in [3.05, 3.63) is 23.7 Å². The van der Waals surface area contributed by atoms with Crippen LogP contribution in [0.4, 0.5) is 0 Å². The molecule has 0 aliphatic heterocycles. The van der Waals surface area contributed by atoms with Gasteiger partial charge in [-0.05, 0) is 31.9 Å². The Labute approximate surface area is 90.3 Å². The van der Waals surface area contributed by atoms with Crippen LogP contribution in [0.15, 0.2) is 16.5 Å². The molecule has 3 heteroatoms. The second kappa shape index (κ2) is 3.99. The molecule has 1 saturated carbocycles. The van der Waals surface area contributed by atoms with Crippen molar-refractivity contribution in [3.8, 4) is 0 Å². The van der Waals surface area contributed by atoms with Crippen molar-refractivity contribution in [1.82, 2.24) is 0 Å². The molecule has 15 heavy (non-hydrogen) atoms. The van der Waals surface area contributed by atoms with Gasteiger partial charge in [-0.25, -0.2) is 0 Å². The summed E-state index contributed by atoms with van der Waals surface area (Å²) in [4.78, 5) is 0. The van der Waals surface area contributed by atoms with Crippen molar-refractivity contribution >= 4 is 0 Å². The molecule has 1 aliphatic carbocycles. The van der Waals surface area contributed by atoms with Crippen molar-refractivity contribution in [2.45, 2.75) is 38.7 Å². The van der Waals surface area contributed by atoms with Gasteiger partial charge in [0, 0.05) is 12.0 Å². The fourth-order valence-electron chi connectivity index (χ4n) is 2.57. The number of hydrogen-bond acceptors (Lipinski definition) is 3. The number of nitrogens with two attached hydrogens (primary N) is 1. The van der Waals surface area contributed by atoms with Crippen LogP contribution in [0.2, 0.25) is 0 Å². The molecule has 0 radical (unpaired) electrons. The molecule has 1 aromatic heterocycles. The zero-order chi connectivity index (χ0) is 10.9. The zero-order valence-electron chi connectivity index (χ0n) is 9.20. The van der Waals surface area contributed by atoms with Crippen LogP contribution in [0, 0.1) is 12.3 Å². The predicted molar refractivity (Wildman–Crippen MR) is 58.4 cm³/mol. The maximum Gasteiger partial charge on any atom is 0.133 e. The summed E-state index contributed by atoms with van der Waals surface area (Å²) < 4.78 is 5.48. The van der Waals surface area contributed by atoms with Crippen molar-refractivity contribution < 1.29 is 9.52 Å². The van der Waals surface area contributed by atoms with Gasteiger partial charge in [0.15, 0.2) is 0 Å². The van der Waals surface area contributed by atoms with Crippen LogP contribution >= 0.6 is 0 Å². The number of aryl methyl sites for hydroxylation is 1. The lowest BCUT2D eigenvalue weighted by atomic mass is 9.79. The number of hydrogen-bond donors (Lipinski definition) is 2. The Morgan fingerprint density at radius 3 is 2.60 bits per heavy atom. The Bertz CT molecular complexity index is 326. The fourth-order valence-corrected chi connectivity index (χ4v) is 2.57. The van der Waals surface area contributed by atoms with Gasteiger partial charge in [-0.1, -0.05) is 12.8 Å². The molecule has 1 atom stereocenters. The van der Waals surface area contributed by atoms with E-state index in [4.69, 9.17) is 10.2 Å². The van der Waals surface area contributed by atoms with Gasteiger partial charge in [0.05, 0.1) is 0 Å². The van der Waals surface area contributed by atoms with Crippen LogP contribution in [0.25, 0.3) is 0 Å². The first-order chi connectivity index (χ1) is 7.18. The zero-order valence-corrected chi connectivity index (χ0v) is 9.20. The number of furan rings is 1. The van der Waals surface area contributed by atoms with Gasteiger partial charge in [-0.15, -0.1) is 0 Å². The topological polar surface area (TPSA) is 59.4 Å². The molecule has 84 valence electrons. The highest BCUT2D eigenvalue weighted by atomic mass is 16.4. The molecule has 0 bridgehead atoms. The third-order valence-electron chi connectivity index (χ3n) is 3.62. The highest BCUT2D eigenvalue weighted by molar-refractivity contribution is 5.12. The molecule has 0 saturated heterocycles. The maximum absolute atomic E-state index is 10.3. The van der Waals surface area contributed by atoms with E-state index in [-0.39, 0.29) is 5.41 Å². The van der Waals surface area contributed by atoms with Gasteiger partial charge in [0.25, 0.3) is 0 Å². The molecule has 0 amide bonds. The van der Waals surface area contributed by atoms with Gasteiger partial charge in [0.1, 0.15) is 17.6 Å². The Kier molecular flexibility index (Phi) is 2.85. The second-order valence-electron chi connectivity index (χ2n) is 4.62. The van der Waals surface area contributed by atoms with E-state index in [1.807, 2.05) is 19.1 Å². The van der Waals surface area contributed by atoms with Crippen molar-refractivity contribution in [1.29, 1.82) is 0 Å². The second-order valence-corrected chi connectivity index (χ2v) is 4.62. The fraction of sp³-hybridized carbons (Fsp3) is 0.667. The third-order valence-corrected chi connectivity index (χ3v) is 3.62. The quantitative estimate of drug-likeness (QED) is 0.801. The molecule has 1 aliphatic rings. The summed E-state index contributed by atoms with van der Waals surface area (Å²) in [5.74, 6) is 1.51. The van der Waals surface area contributed by atoms with Gasteiger partial charge in [-0.2, -0.15) is 0 Å². The number of aliphatic hydroxyl groups excluding tert-OH is 1. The summed E-state index contributed by atoms with van der Waals surface area (Å²) in [6, 6.07) is 3.74.